The van der Waals surface area contributed by atoms with E-state index in [9.17, 15) is 19.5 Å². The molecule has 2 aliphatic rings. The van der Waals surface area contributed by atoms with Crippen LogP contribution < -0.4 is 11.1 Å². The summed E-state index contributed by atoms with van der Waals surface area (Å²) in [7, 11) is 0. The number of carbonyl (C=O) groups is 3. The Kier molecular flexibility index (Phi) is 5.22. The third-order valence-corrected chi connectivity index (χ3v) is 5.29. The molecular weight excluding hydrogens is 336 g/mol. The fourth-order valence-corrected chi connectivity index (χ4v) is 3.80. The summed E-state index contributed by atoms with van der Waals surface area (Å²) in [5.41, 5.74) is 5.61. The van der Waals surface area contributed by atoms with Gasteiger partial charge < -0.3 is 21.1 Å². The van der Waals surface area contributed by atoms with Crippen molar-refractivity contribution in [2.45, 2.75) is 44.8 Å². The number of amides is 3. The van der Waals surface area contributed by atoms with E-state index in [-0.39, 0.29) is 29.3 Å². The summed E-state index contributed by atoms with van der Waals surface area (Å²) < 4.78 is 0. The Balaban J connectivity index is 1.70. The zero-order chi connectivity index (χ0) is 18.8. The fraction of sp³-hybridized carbons (Fsp3) is 0.556. The first-order chi connectivity index (χ1) is 12.3. The van der Waals surface area contributed by atoms with Crippen molar-refractivity contribution in [2.75, 3.05) is 11.9 Å². The number of carbonyl (C=O) groups excluding carboxylic acids is 3. The van der Waals surface area contributed by atoms with Gasteiger partial charge in [0.1, 0.15) is 0 Å². The first-order valence-corrected chi connectivity index (χ1v) is 8.90. The lowest BCUT2D eigenvalue weighted by Gasteiger charge is -2.47. The predicted molar refractivity (Wildman–Crippen MR) is 94.0 cm³/mol. The normalized spacial score (nSPS) is 28.2. The zero-order valence-electron chi connectivity index (χ0n) is 14.7. The summed E-state index contributed by atoms with van der Waals surface area (Å²) in [6.07, 6.45) is 5.56. The highest BCUT2D eigenvalue weighted by molar-refractivity contribution is 6.39. The molecule has 1 aromatic heterocycles. The number of likely N-dealkylation sites (tertiary alicyclic amines) is 1. The Bertz CT molecular complexity index is 717. The molecule has 8 heteroatoms. The van der Waals surface area contributed by atoms with E-state index in [0.29, 0.717) is 25.3 Å². The molecule has 0 spiro atoms. The molecule has 2 heterocycles. The van der Waals surface area contributed by atoms with Crippen molar-refractivity contribution in [2.24, 2.45) is 17.6 Å². The van der Waals surface area contributed by atoms with Crippen LogP contribution in [0.1, 0.15) is 43.0 Å². The van der Waals surface area contributed by atoms with Crippen molar-refractivity contribution in [1.29, 1.82) is 0 Å². The minimum absolute atomic E-state index is 0.0112. The summed E-state index contributed by atoms with van der Waals surface area (Å²) in [5.74, 6) is -1.44. The second-order valence-electron chi connectivity index (χ2n) is 7.37. The van der Waals surface area contributed by atoms with E-state index in [1.165, 1.54) is 18.5 Å². The number of nitrogens with one attached hydrogen (secondary N) is 1. The van der Waals surface area contributed by atoms with Gasteiger partial charge in [0, 0.05) is 18.8 Å². The summed E-state index contributed by atoms with van der Waals surface area (Å²) in [6.45, 7) is 2.59. The summed E-state index contributed by atoms with van der Waals surface area (Å²) in [5, 5.41) is 12.1. The minimum Gasteiger partial charge on any atom is -0.393 e. The number of aliphatic hydroxyl groups excluding tert-OH is 1. The zero-order valence-corrected chi connectivity index (χ0v) is 14.7. The number of pyridine rings is 1. The Morgan fingerprint density at radius 3 is 2.65 bits per heavy atom. The number of anilines is 1. The van der Waals surface area contributed by atoms with Crippen LogP contribution in [0, 0.1) is 11.8 Å². The first-order valence-electron chi connectivity index (χ1n) is 8.90. The lowest BCUT2D eigenvalue weighted by molar-refractivity contribution is -0.149. The second-order valence-corrected chi connectivity index (χ2v) is 7.37. The van der Waals surface area contributed by atoms with Crippen LogP contribution in [0.2, 0.25) is 0 Å². The number of hydrogen-bond acceptors (Lipinski definition) is 5. The molecule has 2 fully saturated rings. The van der Waals surface area contributed by atoms with Crippen LogP contribution in [0.15, 0.2) is 18.5 Å². The molecule has 26 heavy (non-hydrogen) atoms. The summed E-state index contributed by atoms with van der Waals surface area (Å²) >= 11 is 0. The molecular formula is C18H24N4O4. The van der Waals surface area contributed by atoms with Crippen LogP contribution in [0.3, 0.4) is 0 Å². The fourth-order valence-electron chi connectivity index (χ4n) is 3.80. The molecule has 0 unspecified atom stereocenters. The van der Waals surface area contributed by atoms with Gasteiger partial charge in [0.05, 0.1) is 23.6 Å². The summed E-state index contributed by atoms with van der Waals surface area (Å²) in [4.78, 5) is 41.9. The standard InChI is InChI=1S/C18H24N4O4/c1-10-2-3-15(11-5-14(23)6-11)22(9-10)18(26)17(25)21-13-4-12(16(19)24)7-20-8-13/h4,7-8,10-11,14-15,23H,2-3,5-6,9H2,1H3,(H2,19,24)(H,21,25)/t10-,11-,14+,15+/m0/s1. The molecule has 0 radical (unpaired) electrons. The molecule has 1 aliphatic heterocycles. The lowest BCUT2D eigenvalue weighted by Crippen LogP contribution is -2.55. The minimum atomic E-state index is -0.757. The van der Waals surface area contributed by atoms with Crippen LogP contribution in [-0.2, 0) is 9.59 Å². The molecule has 0 bridgehead atoms. The molecule has 140 valence electrons. The van der Waals surface area contributed by atoms with E-state index in [4.69, 9.17) is 5.73 Å². The van der Waals surface area contributed by atoms with Crippen LogP contribution >= 0.6 is 0 Å². The Hall–Kier alpha value is -2.48. The van der Waals surface area contributed by atoms with Crippen molar-refractivity contribution in [3.05, 3.63) is 24.0 Å². The molecule has 2 atom stereocenters. The van der Waals surface area contributed by atoms with Crippen LogP contribution in [0.4, 0.5) is 5.69 Å². The molecule has 1 saturated heterocycles. The topological polar surface area (TPSA) is 126 Å². The van der Waals surface area contributed by atoms with E-state index < -0.39 is 17.7 Å². The largest absolute Gasteiger partial charge is 0.393 e. The third-order valence-electron chi connectivity index (χ3n) is 5.29. The maximum atomic E-state index is 12.7. The highest BCUT2D eigenvalue weighted by atomic mass is 16.3. The van der Waals surface area contributed by atoms with Crippen LogP contribution in [-0.4, -0.2) is 51.4 Å². The number of aliphatic hydroxyl groups is 1. The van der Waals surface area contributed by atoms with Gasteiger partial charge in [-0.1, -0.05) is 6.92 Å². The van der Waals surface area contributed by atoms with E-state index in [0.717, 1.165) is 12.8 Å². The summed E-state index contributed by atoms with van der Waals surface area (Å²) in [6, 6.07) is 1.38. The molecule has 3 rings (SSSR count). The average Bonchev–Trinajstić information content (AvgIpc) is 2.58. The van der Waals surface area contributed by atoms with Gasteiger partial charge in [-0.25, -0.2) is 0 Å². The lowest BCUT2D eigenvalue weighted by atomic mass is 9.73. The van der Waals surface area contributed by atoms with Gasteiger partial charge >= 0.3 is 11.8 Å². The van der Waals surface area contributed by atoms with Crippen molar-refractivity contribution in [3.8, 4) is 0 Å². The maximum Gasteiger partial charge on any atom is 0.313 e. The third kappa shape index (κ3) is 3.85. The van der Waals surface area contributed by atoms with Gasteiger partial charge in [0.25, 0.3) is 0 Å². The van der Waals surface area contributed by atoms with Gasteiger partial charge in [-0.15, -0.1) is 0 Å². The Morgan fingerprint density at radius 1 is 1.27 bits per heavy atom. The number of nitrogens with two attached hydrogens (primary N) is 1. The van der Waals surface area contributed by atoms with Crippen molar-refractivity contribution >= 4 is 23.4 Å². The Morgan fingerprint density at radius 2 is 2.00 bits per heavy atom. The number of primary amides is 1. The maximum absolute atomic E-state index is 12.7. The van der Waals surface area contributed by atoms with Gasteiger partial charge in [-0.3, -0.25) is 19.4 Å². The number of nitrogens with zero attached hydrogens (tertiary/aromatic N) is 2. The number of rotatable bonds is 3. The van der Waals surface area contributed by atoms with E-state index in [2.05, 4.69) is 17.2 Å². The van der Waals surface area contributed by atoms with E-state index in [1.54, 1.807) is 4.90 Å². The second kappa shape index (κ2) is 7.41. The van der Waals surface area contributed by atoms with Crippen molar-refractivity contribution in [1.82, 2.24) is 9.88 Å². The monoisotopic (exact) mass is 360 g/mol. The van der Waals surface area contributed by atoms with Crippen LogP contribution in [0.5, 0.6) is 0 Å². The molecule has 1 aromatic rings. The molecule has 4 N–H and O–H groups in total. The van der Waals surface area contributed by atoms with E-state index >= 15 is 0 Å². The molecule has 1 aliphatic carbocycles. The highest BCUT2D eigenvalue weighted by Gasteiger charge is 2.42. The molecule has 3 amide bonds. The highest BCUT2D eigenvalue weighted by Crippen LogP contribution is 2.38. The van der Waals surface area contributed by atoms with E-state index in [1.807, 2.05) is 0 Å². The SMILES string of the molecule is C[C@H]1CC[C@H]([C@H]2C[C@@H](O)C2)N(C(=O)C(=O)Nc2cncc(C(N)=O)c2)C1. The quantitative estimate of drug-likeness (QED) is 0.678. The number of hydrogen-bond donors (Lipinski definition) is 3. The molecule has 8 nitrogen and oxygen atoms in total. The molecule has 0 aromatic carbocycles. The van der Waals surface area contributed by atoms with Gasteiger partial charge in [0.15, 0.2) is 0 Å². The number of aromatic nitrogens is 1. The van der Waals surface area contributed by atoms with Gasteiger partial charge in [-0.05, 0) is 43.6 Å². The van der Waals surface area contributed by atoms with Crippen LogP contribution in [0.25, 0.3) is 0 Å². The average molecular weight is 360 g/mol. The number of piperidine rings is 1. The van der Waals surface area contributed by atoms with Gasteiger partial charge in [-0.2, -0.15) is 0 Å². The molecule has 1 saturated carbocycles. The Labute approximate surface area is 151 Å². The smallest absolute Gasteiger partial charge is 0.313 e. The first kappa shape index (κ1) is 18.3. The predicted octanol–water partition coefficient (Wildman–Crippen LogP) is 0.517. The van der Waals surface area contributed by atoms with Gasteiger partial charge in [0.2, 0.25) is 5.91 Å². The van der Waals surface area contributed by atoms with Crippen molar-refractivity contribution in [3.63, 3.8) is 0 Å². The van der Waals surface area contributed by atoms with Crippen molar-refractivity contribution < 1.29 is 19.5 Å².